The number of carbonyl (C=O) groups excluding carboxylic acids is 2. The minimum atomic E-state index is -1.03. The Kier molecular flexibility index (Phi) is 5.98. The highest BCUT2D eigenvalue weighted by Gasteiger charge is 2.30. The Morgan fingerprint density at radius 2 is 2.00 bits per heavy atom. The van der Waals surface area contributed by atoms with E-state index >= 15 is 0 Å². The van der Waals surface area contributed by atoms with E-state index in [0.717, 1.165) is 5.69 Å². The number of carboxylic acids is 1. The number of carbonyl (C=O) groups is 3. The number of carboxylic acid groups (broad SMARTS) is 1. The molecule has 27 heavy (non-hydrogen) atoms. The number of nitrogens with one attached hydrogen (secondary N) is 1. The number of likely N-dealkylation sites (N-methyl/N-ethyl adjacent to an activating group) is 1. The molecule has 0 bridgehead atoms. The maximum absolute atomic E-state index is 12.3. The van der Waals surface area contributed by atoms with Gasteiger partial charge in [0.15, 0.2) is 0 Å². The number of hydrogen-bond acceptors (Lipinski definition) is 5. The van der Waals surface area contributed by atoms with Gasteiger partial charge >= 0.3 is 5.97 Å². The number of fused-ring (bicyclic) bond motifs is 1. The zero-order valence-corrected chi connectivity index (χ0v) is 16.4. The molecule has 1 heterocycles. The molecule has 1 aromatic carbocycles. The van der Waals surface area contributed by atoms with Gasteiger partial charge in [0.25, 0.3) is 5.91 Å². The third-order valence-electron chi connectivity index (χ3n) is 4.70. The number of anilines is 1. The van der Waals surface area contributed by atoms with Crippen LogP contribution in [0, 0.1) is 5.41 Å². The van der Waals surface area contributed by atoms with Crippen LogP contribution < -0.4 is 15.0 Å². The Morgan fingerprint density at radius 1 is 1.33 bits per heavy atom. The molecule has 2 amide bonds. The molecule has 1 aliphatic rings. The molecular weight excluding hydrogens is 350 g/mol. The van der Waals surface area contributed by atoms with Gasteiger partial charge in [-0.15, -0.1) is 0 Å². The zero-order chi connectivity index (χ0) is 20.4. The van der Waals surface area contributed by atoms with Crippen molar-refractivity contribution in [3.05, 3.63) is 23.8 Å². The van der Waals surface area contributed by atoms with Crippen LogP contribution in [-0.2, 0) is 9.59 Å². The van der Waals surface area contributed by atoms with Crippen molar-refractivity contribution >= 4 is 23.5 Å². The lowest BCUT2D eigenvalue weighted by molar-refractivity contribution is -0.146. The van der Waals surface area contributed by atoms with E-state index in [1.54, 1.807) is 46.1 Å². The third-order valence-corrected chi connectivity index (χ3v) is 4.70. The molecule has 1 aliphatic heterocycles. The molecule has 0 saturated carbocycles. The molecule has 2 rings (SSSR count). The van der Waals surface area contributed by atoms with Crippen molar-refractivity contribution < 1.29 is 24.2 Å². The number of rotatable bonds is 6. The molecule has 0 fully saturated rings. The summed E-state index contributed by atoms with van der Waals surface area (Å²) in [6, 6.07) is 5.02. The van der Waals surface area contributed by atoms with Crippen LogP contribution in [0.15, 0.2) is 18.2 Å². The minimum Gasteiger partial charge on any atom is -0.489 e. The summed E-state index contributed by atoms with van der Waals surface area (Å²) in [6.07, 6.45) is 0.164. The monoisotopic (exact) mass is 377 g/mol. The fourth-order valence-corrected chi connectivity index (χ4v) is 2.68. The Bertz CT molecular complexity index is 745. The second kappa shape index (κ2) is 7.85. The molecule has 0 aromatic heterocycles. The van der Waals surface area contributed by atoms with Gasteiger partial charge < -0.3 is 25.0 Å². The molecule has 148 valence electrons. The fourth-order valence-electron chi connectivity index (χ4n) is 2.68. The highest BCUT2D eigenvalue weighted by atomic mass is 16.5. The first-order valence-electron chi connectivity index (χ1n) is 8.74. The first-order chi connectivity index (χ1) is 12.5. The summed E-state index contributed by atoms with van der Waals surface area (Å²) in [5.74, 6) is -0.653. The van der Waals surface area contributed by atoms with Crippen LogP contribution in [0.1, 0.15) is 30.6 Å². The lowest BCUT2D eigenvalue weighted by Crippen LogP contribution is -2.45. The molecule has 0 aliphatic carbocycles. The van der Waals surface area contributed by atoms with Crippen LogP contribution in [0.2, 0.25) is 0 Å². The van der Waals surface area contributed by atoms with Crippen LogP contribution in [0.5, 0.6) is 5.75 Å². The van der Waals surface area contributed by atoms with E-state index in [4.69, 9.17) is 9.84 Å². The lowest BCUT2D eigenvalue weighted by Gasteiger charge is -2.36. The van der Waals surface area contributed by atoms with Crippen LogP contribution >= 0.6 is 0 Å². The smallest absolute Gasteiger partial charge is 0.310 e. The van der Waals surface area contributed by atoms with E-state index in [1.165, 1.54) is 4.90 Å². The fraction of sp³-hybridized carbons (Fsp3) is 0.526. The second-order valence-electron chi connectivity index (χ2n) is 7.63. The van der Waals surface area contributed by atoms with Gasteiger partial charge in [0.2, 0.25) is 5.91 Å². The van der Waals surface area contributed by atoms with Crippen LogP contribution in [0.4, 0.5) is 5.69 Å². The number of hydrogen-bond donors (Lipinski definition) is 2. The highest BCUT2D eigenvalue weighted by Crippen LogP contribution is 2.34. The van der Waals surface area contributed by atoms with E-state index in [0.29, 0.717) is 17.9 Å². The number of nitrogens with zero attached hydrogens (tertiary/aromatic N) is 2. The van der Waals surface area contributed by atoms with Gasteiger partial charge in [-0.25, -0.2) is 0 Å². The van der Waals surface area contributed by atoms with E-state index < -0.39 is 11.4 Å². The van der Waals surface area contributed by atoms with Gasteiger partial charge in [-0.05, 0) is 32.0 Å². The van der Waals surface area contributed by atoms with Crippen molar-refractivity contribution in [1.29, 1.82) is 0 Å². The number of benzene rings is 1. The van der Waals surface area contributed by atoms with Crippen LogP contribution in [0.25, 0.3) is 0 Å². The Balaban J connectivity index is 2.06. The van der Waals surface area contributed by atoms with Gasteiger partial charge in [-0.3, -0.25) is 14.4 Å². The summed E-state index contributed by atoms with van der Waals surface area (Å²) < 4.78 is 5.75. The number of aliphatic carboxylic acids is 1. The van der Waals surface area contributed by atoms with Gasteiger partial charge in [0.1, 0.15) is 12.4 Å². The second-order valence-corrected chi connectivity index (χ2v) is 7.63. The SMILES string of the molecule is CN(C)C(=O)c1ccc2c(c1)N(C)[C@@H](CC(=O)NCC(C)(C)C(=O)O)CO2. The Hall–Kier alpha value is -2.77. The predicted octanol–water partition coefficient (Wildman–Crippen LogP) is 1.20. The molecule has 8 nitrogen and oxygen atoms in total. The van der Waals surface area contributed by atoms with Gasteiger partial charge in [0, 0.05) is 33.3 Å². The summed E-state index contributed by atoms with van der Waals surface area (Å²) >= 11 is 0. The van der Waals surface area contributed by atoms with E-state index in [1.807, 2.05) is 11.9 Å². The zero-order valence-electron chi connectivity index (χ0n) is 16.4. The third kappa shape index (κ3) is 4.69. The summed E-state index contributed by atoms with van der Waals surface area (Å²) in [5.41, 5.74) is 0.263. The molecule has 0 unspecified atom stereocenters. The molecule has 1 aromatic rings. The summed E-state index contributed by atoms with van der Waals surface area (Å²) in [4.78, 5) is 39.0. The molecule has 0 spiro atoms. The summed E-state index contributed by atoms with van der Waals surface area (Å²) in [6.45, 7) is 3.51. The van der Waals surface area contributed by atoms with Gasteiger partial charge in [-0.2, -0.15) is 0 Å². The normalized spacial score (nSPS) is 16.2. The predicted molar refractivity (Wildman–Crippen MR) is 101 cm³/mol. The van der Waals surface area contributed by atoms with Crippen molar-refractivity contribution in [3.63, 3.8) is 0 Å². The van der Waals surface area contributed by atoms with Gasteiger partial charge in [0.05, 0.1) is 23.6 Å². The van der Waals surface area contributed by atoms with Crippen molar-refractivity contribution in [2.45, 2.75) is 26.3 Å². The van der Waals surface area contributed by atoms with Crippen molar-refractivity contribution in [2.75, 3.05) is 39.2 Å². The van der Waals surface area contributed by atoms with Crippen molar-refractivity contribution in [3.8, 4) is 5.75 Å². The van der Waals surface area contributed by atoms with Crippen molar-refractivity contribution in [1.82, 2.24) is 10.2 Å². The molecule has 2 N–H and O–H groups in total. The van der Waals surface area contributed by atoms with E-state index in [-0.39, 0.29) is 30.8 Å². The lowest BCUT2D eigenvalue weighted by atomic mass is 9.94. The average Bonchev–Trinajstić information content (AvgIpc) is 2.61. The summed E-state index contributed by atoms with van der Waals surface area (Å²) in [7, 11) is 5.23. The number of amides is 2. The Labute approximate surface area is 159 Å². The average molecular weight is 377 g/mol. The maximum atomic E-state index is 12.3. The molecule has 0 radical (unpaired) electrons. The minimum absolute atomic E-state index is 0.0521. The quantitative estimate of drug-likeness (QED) is 0.773. The maximum Gasteiger partial charge on any atom is 0.310 e. The van der Waals surface area contributed by atoms with Crippen LogP contribution in [0.3, 0.4) is 0 Å². The molecule has 1 atom stereocenters. The Morgan fingerprint density at radius 3 is 2.59 bits per heavy atom. The molecule has 8 heteroatoms. The van der Waals surface area contributed by atoms with E-state index in [2.05, 4.69) is 5.32 Å². The first kappa shape index (κ1) is 20.5. The summed E-state index contributed by atoms with van der Waals surface area (Å²) in [5, 5.41) is 11.8. The van der Waals surface area contributed by atoms with E-state index in [9.17, 15) is 14.4 Å². The highest BCUT2D eigenvalue weighted by molar-refractivity contribution is 5.95. The van der Waals surface area contributed by atoms with Crippen LogP contribution in [-0.4, -0.2) is 68.1 Å². The van der Waals surface area contributed by atoms with Crippen molar-refractivity contribution in [2.24, 2.45) is 5.41 Å². The first-order valence-corrected chi connectivity index (χ1v) is 8.74. The number of ether oxygens (including phenoxy) is 1. The largest absolute Gasteiger partial charge is 0.489 e. The standard InChI is InChI=1S/C19H27N3O5/c1-19(2,18(25)26)11-20-16(23)9-13-10-27-15-7-6-12(17(24)21(3)4)8-14(15)22(13)5/h6-8,13H,9-11H2,1-5H3,(H,20,23)(H,25,26)/t13-/m0/s1. The van der Waals surface area contributed by atoms with Gasteiger partial charge in [-0.1, -0.05) is 0 Å². The topological polar surface area (TPSA) is 99.2 Å². The molecule has 0 saturated heterocycles. The molecular formula is C19H27N3O5.